The van der Waals surface area contributed by atoms with Crippen LogP contribution in [0.15, 0.2) is 65.9 Å². The molecule has 0 unspecified atom stereocenters. The van der Waals surface area contributed by atoms with E-state index in [1.165, 1.54) is 11.6 Å². The summed E-state index contributed by atoms with van der Waals surface area (Å²) in [5.74, 6) is 1.69. The molecule has 9 heteroatoms. The molecule has 176 valence electrons. The summed E-state index contributed by atoms with van der Waals surface area (Å²) in [5.41, 5.74) is 1.84. The summed E-state index contributed by atoms with van der Waals surface area (Å²) in [4.78, 5) is 9.25. The molecule has 1 fully saturated rings. The second-order valence-electron chi connectivity index (χ2n) is 7.77. The predicted molar refractivity (Wildman–Crippen MR) is 141 cm³/mol. The van der Waals surface area contributed by atoms with Crippen molar-refractivity contribution < 1.29 is 4.39 Å². The van der Waals surface area contributed by atoms with Crippen LogP contribution in [0.25, 0.3) is 0 Å². The van der Waals surface area contributed by atoms with Crippen molar-refractivity contribution in [2.45, 2.75) is 26.4 Å². The molecule has 0 spiro atoms. The quantitative estimate of drug-likeness (QED) is 0.271. The molecule has 1 aliphatic rings. The van der Waals surface area contributed by atoms with Crippen LogP contribution in [0.2, 0.25) is 0 Å². The van der Waals surface area contributed by atoms with Crippen molar-refractivity contribution in [1.82, 2.24) is 25.0 Å². The number of rotatable bonds is 7. The highest BCUT2D eigenvalue weighted by Gasteiger charge is 2.21. The van der Waals surface area contributed by atoms with Gasteiger partial charge in [-0.15, -0.1) is 34.2 Å². The van der Waals surface area contributed by atoms with Crippen LogP contribution in [0.4, 0.5) is 10.1 Å². The summed E-state index contributed by atoms with van der Waals surface area (Å²) < 4.78 is 16.3. The Morgan fingerprint density at radius 1 is 1.03 bits per heavy atom. The van der Waals surface area contributed by atoms with E-state index in [1.54, 1.807) is 12.4 Å². The number of halogens is 2. The number of piperazine rings is 1. The first-order chi connectivity index (χ1) is 15.7. The molecule has 0 radical (unpaired) electrons. The standard InChI is InChI=1S/C24H30FN7.HI/c1-2-23-29-28-19-32(23)13-12-26-24(27-18-20-8-4-3-5-9-20)31-16-14-30(15-17-31)22-11-7-6-10-21(22)25;/h3-11,19H,2,12-18H2,1H3,(H,26,27);1H. The first kappa shape index (κ1) is 24.9. The maximum atomic E-state index is 14.2. The van der Waals surface area contributed by atoms with E-state index in [1.807, 2.05) is 30.3 Å². The van der Waals surface area contributed by atoms with Gasteiger partial charge in [0.25, 0.3) is 0 Å². The second kappa shape index (κ2) is 12.5. The van der Waals surface area contributed by atoms with Crippen molar-refractivity contribution in [3.05, 3.63) is 78.1 Å². The van der Waals surface area contributed by atoms with E-state index in [0.717, 1.165) is 57.5 Å². The molecule has 3 aromatic rings. The molecule has 1 saturated heterocycles. The Labute approximate surface area is 211 Å². The average Bonchev–Trinajstić information content (AvgIpc) is 3.30. The molecule has 1 N–H and O–H groups in total. The van der Waals surface area contributed by atoms with E-state index in [4.69, 9.17) is 4.99 Å². The van der Waals surface area contributed by atoms with Crippen LogP contribution in [-0.2, 0) is 19.5 Å². The molecule has 0 bridgehead atoms. The van der Waals surface area contributed by atoms with Gasteiger partial charge in [0.05, 0.1) is 12.2 Å². The van der Waals surface area contributed by atoms with Gasteiger partial charge in [0, 0.05) is 45.7 Å². The van der Waals surface area contributed by atoms with Gasteiger partial charge in [-0.2, -0.15) is 0 Å². The average molecular weight is 563 g/mol. The maximum absolute atomic E-state index is 14.2. The number of aryl methyl sites for hydroxylation is 1. The summed E-state index contributed by atoms with van der Waals surface area (Å²) in [6.45, 7) is 7.25. The van der Waals surface area contributed by atoms with Crippen molar-refractivity contribution in [3.63, 3.8) is 0 Å². The van der Waals surface area contributed by atoms with Gasteiger partial charge >= 0.3 is 0 Å². The number of nitrogens with zero attached hydrogens (tertiary/aromatic N) is 6. The Balaban J connectivity index is 0.00000306. The van der Waals surface area contributed by atoms with Gasteiger partial charge in [-0.05, 0) is 17.7 Å². The highest BCUT2D eigenvalue weighted by Crippen LogP contribution is 2.20. The lowest BCUT2D eigenvalue weighted by molar-refractivity contribution is 0.369. The van der Waals surface area contributed by atoms with Gasteiger partial charge in [-0.25, -0.2) is 9.38 Å². The number of hydrogen-bond acceptors (Lipinski definition) is 4. The molecule has 4 rings (SSSR count). The van der Waals surface area contributed by atoms with E-state index in [-0.39, 0.29) is 29.8 Å². The van der Waals surface area contributed by atoms with Crippen LogP contribution in [0, 0.1) is 5.82 Å². The third-order valence-electron chi connectivity index (χ3n) is 5.67. The number of benzene rings is 2. The predicted octanol–water partition coefficient (Wildman–Crippen LogP) is 3.57. The topological polar surface area (TPSA) is 61.6 Å². The summed E-state index contributed by atoms with van der Waals surface area (Å²) >= 11 is 0. The van der Waals surface area contributed by atoms with Crippen LogP contribution >= 0.6 is 24.0 Å². The molecular formula is C24H31FIN7. The fraction of sp³-hybridized carbons (Fsp3) is 0.375. The maximum Gasteiger partial charge on any atom is 0.194 e. The Hall–Kier alpha value is -2.69. The number of aromatic nitrogens is 3. The molecule has 0 amide bonds. The van der Waals surface area contributed by atoms with Crippen molar-refractivity contribution in [2.75, 3.05) is 37.6 Å². The molecule has 1 aromatic heterocycles. The zero-order valence-corrected chi connectivity index (χ0v) is 21.2. The van der Waals surface area contributed by atoms with E-state index >= 15 is 0 Å². The lowest BCUT2D eigenvalue weighted by Crippen LogP contribution is -2.53. The summed E-state index contributed by atoms with van der Waals surface area (Å²) in [5, 5.41) is 11.7. The molecule has 1 aliphatic heterocycles. The largest absolute Gasteiger partial charge is 0.366 e. The van der Waals surface area contributed by atoms with Crippen LogP contribution in [0.1, 0.15) is 18.3 Å². The van der Waals surface area contributed by atoms with Gasteiger partial charge < -0.3 is 19.7 Å². The van der Waals surface area contributed by atoms with Gasteiger partial charge in [0.1, 0.15) is 18.0 Å². The Morgan fingerprint density at radius 3 is 2.48 bits per heavy atom. The lowest BCUT2D eigenvalue weighted by atomic mass is 10.2. The number of anilines is 1. The van der Waals surface area contributed by atoms with Gasteiger partial charge in [-0.3, -0.25) is 0 Å². The number of nitrogens with one attached hydrogen (secondary N) is 1. The van der Waals surface area contributed by atoms with Crippen LogP contribution in [0.5, 0.6) is 0 Å². The summed E-state index contributed by atoms with van der Waals surface area (Å²) in [7, 11) is 0. The fourth-order valence-corrected chi connectivity index (χ4v) is 3.91. The first-order valence-corrected chi connectivity index (χ1v) is 11.2. The molecule has 2 heterocycles. The highest BCUT2D eigenvalue weighted by atomic mass is 127. The minimum atomic E-state index is -0.169. The van der Waals surface area contributed by atoms with Crippen molar-refractivity contribution in [3.8, 4) is 0 Å². The molecule has 0 atom stereocenters. The molecule has 2 aromatic carbocycles. The van der Waals surface area contributed by atoms with Crippen LogP contribution in [0.3, 0.4) is 0 Å². The van der Waals surface area contributed by atoms with Crippen LogP contribution < -0.4 is 10.2 Å². The van der Waals surface area contributed by atoms with Gasteiger partial charge in [0.15, 0.2) is 5.96 Å². The molecule has 7 nitrogen and oxygen atoms in total. The summed E-state index contributed by atoms with van der Waals surface area (Å²) in [6.07, 6.45) is 2.63. The number of hydrogen-bond donors (Lipinski definition) is 1. The molecular weight excluding hydrogens is 532 g/mol. The number of aliphatic imine (C=N–C) groups is 1. The van der Waals surface area contributed by atoms with Gasteiger partial charge in [0.2, 0.25) is 0 Å². The summed E-state index contributed by atoms with van der Waals surface area (Å²) in [6, 6.07) is 17.2. The van der Waals surface area contributed by atoms with Crippen molar-refractivity contribution in [2.24, 2.45) is 4.99 Å². The van der Waals surface area contributed by atoms with Crippen molar-refractivity contribution >= 4 is 35.6 Å². The molecule has 0 saturated carbocycles. The Kier molecular flexibility index (Phi) is 9.47. The number of para-hydroxylation sites is 1. The smallest absolute Gasteiger partial charge is 0.194 e. The Bertz CT molecular complexity index is 1020. The Morgan fingerprint density at radius 2 is 1.76 bits per heavy atom. The fourth-order valence-electron chi connectivity index (χ4n) is 3.91. The second-order valence-corrected chi connectivity index (χ2v) is 7.77. The molecule has 0 aliphatic carbocycles. The van der Waals surface area contributed by atoms with E-state index in [2.05, 4.69) is 48.9 Å². The molecule has 33 heavy (non-hydrogen) atoms. The van der Waals surface area contributed by atoms with Crippen molar-refractivity contribution in [1.29, 1.82) is 0 Å². The van der Waals surface area contributed by atoms with Crippen LogP contribution in [-0.4, -0.2) is 58.3 Å². The normalized spacial score (nSPS) is 14.2. The minimum Gasteiger partial charge on any atom is -0.366 e. The lowest BCUT2D eigenvalue weighted by Gasteiger charge is -2.38. The monoisotopic (exact) mass is 563 g/mol. The first-order valence-electron chi connectivity index (χ1n) is 11.2. The zero-order valence-electron chi connectivity index (χ0n) is 18.9. The minimum absolute atomic E-state index is 0. The SMILES string of the molecule is CCc1nncn1CCNC(=NCc1ccccc1)N1CCN(c2ccccc2F)CC1.I. The van der Waals surface area contributed by atoms with E-state index in [0.29, 0.717) is 12.2 Å². The third kappa shape index (κ3) is 6.66. The van der Waals surface area contributed by atoms with Gasteiger partial charge in [-0.1, -0.05) is 49.4 Å². The zero-order chi connectivity index (χ0) is 22.2. The van der Waals surface area contributed by atoms with E-state index < -0.39 is 0 Å². The van der Waals surface area contributed by atoms with E-state index in [9.17, 15) is 4.39 Å². The highest BCUT2D eigenvalue weighted by molar-refractivity contribution is 14.0. The third-order valence-corrected chi connectivity index (χ3v) is 5.67. The number of guanidine groups is 1.